The van der Waals surface area contributed by atoms with Crippen LogP contribution in [0.25, 0.3) is 54.6 Å². The van der Waals surface area contributed by atoms with Crippen molar-refractivity contribution >= 4 is 96.0 Å². The van der Waals surface area contributed by atoms with Crippen LogP contribution in [-0.2, 0) is 0 Å². The van der Waals surface area contributed by atoms with E-state index in [4.69, 9.17) is 0 Å². The maximum absolute atomic E-state index is 3.97. The molecule has 0 unspecified atom stereocenters. The Hall–Kier alpha value is -1.46. The van der Waals surface area contributed by atoms with Gasteiger partial charge in [-0.15, -0.1) is 0 Å². The molecule has 3 aromatic rings. The molecule has 0 nitrogen and oxygen atoms in total. The summed E-state index contributed by atoms with van der Waals surface area (Å²) >= 11 is 15.8. The van der Waals surface area contributed by atoms with Crippen molar-refractivity contribution in [1.29, 1.82) is 0 Å². The Bertz CT molecular complexity index is 1580. The van der Waals surface area contributed by atoms with Crippen LogP contribution in [0.15, 0.2) is 90.7 Å². The van der Waals surface area contributed by atoms with Gasteiger partial charge >= 0.3 is 0 Å². The van der Waals surface area contributed by atoms with E-state index in [1.165, 1.54) is 54.6 Å². The summed E-state index contributed by atoms with van der Waals surface area (Å²) in [7, 11) is 0. The van der Waals surface area contributed by atoms with E-state index in [-0.39, 0.29) is 0 Å². The van der Waals surface area contributed by atoms with E-state index >= 15 is 0 Å². The highest BCUT2D eigenvalue weighted by molar-refractivity contribution is 9.13. The maximum atomic E-state index is 3.97. The first-order chi connectivity index (χ1) is 14.6. The van der Waals surface area contributed by atoms with Crippen molar-refractivity contribution in [3.05, 3.63) is 90.7 Å². The number of hydrogen-bond acceptors (Lipinski definition) is 0. The summed E-state index contributed by atoms with van der Waals surface area (Å²) < 4.78 is 4.37. The third-order valence-electron chi connectivity index (χ3n) is 5.90. The predicted molar refractivity (Wildman–Crippen MR) is 143 cm³/mol. The average molecular weight is 644 g/mol. The lowest BCUT2D eigenvalue weighted by Crippen LogP contribution is -1.87. The monoisotopic (exact) mass is 640 g/mol. The van der Waals surface area contributed by atoms with Gasteiger partial charge in [0.1, 0.15) is 0 Å². The summed E-state index contributed by atoms with van der Waals surface area (Å²) in [5.74, 6) is 0. The molecule has 0 aliphatic heterocycles. The first-order valence-electron chi connectivity index (χ1n) is 9.49. The third kappa shape index (κ3) is 2.48. The minimum atomic E-state index is 1.05. The molecule has 3 aliphatic rings. The standard InChI is InChI=1S/C26H12Br4/c27-23-16-10-4-1-7-13(16)19-20-14-8-2-5-11-17(14)24(28)22(20)26(30)25(29)18-12-6-3-9-15(18)21(19)23/h1-12H. The topological polar surface area (TPSA) is 0 Å². The van der Waals surface area contributed by atoms with Crippen LogP contribution in [0, 0.1) is 0 Å². The molecular weight excluding hydrogens is 632 g/mol. The first kappa shape index (κ1) is 19.2. The van der Waals surface area contributed by atoms with Crippen LogP contribution in [0.2, 0.25) is 0 Å². The van der Waals surface area contributed by atoms with Gasteiger partial charge in [-0.25, -0.2) is 0 Å². The van der Waals surface area contributed by atoms with Crippen LogP contribution >= 0.6 is 63.7 Å². The Kier molecular flexibility index (Phi) is 4.51. The molecule has 3 aromatic carbocycles. The molecule has 30 heavy (non-hydrogen) atoms. The minimum absolute atomic E-state index is 1.05. The summed E-state index contributed by atoms with van der Waals surface area (Å²) in [4.78, 5) is 0. The van der Waals surface area contributed by atoms with Gasteiger partial charge in [-0.05, 0) is 102 Å². The molecule has 0 saturated heterocycles. The van der Waals surface area contributed by atoms with Crippen molar-refractivity contribution < 1.29 is 0 Å². The molecule has 6 rings (SSSR count). The normalized spacial score (nSPS) is 12.0. The third-order valence-corrected chi connectivity index (χ3v) is 9.70. The van der Waals surface area contributed by atoms with E-state index in [2.05, 4.69) is 137 Å². The van der Waals surface area contributed by atoms with Gasteiger partial charge in [0, 0.05) is 34.6 Å². The van der Waals surface area contributed by atoms with Crippen LogP contribution in [0.3, 0.4) is 0 Å². The molecule has 0 bridgehead atoms. The van der Waals surface area contributed by atoms with Crippen LogP contribution in [0.1, 0.15) is 0 Å². The number of rotatable bonds is 0. The Morgan fingerprint density at radius 2 is 0.633 bits per heavy atom. The Morgan fingerprint density at radius 1 is 0.300 bits per heavy atom. The lowest BCUT2D eigenvalue weighted by molar-refractivity contribution is 1.64. The van der Waals surface area contributed by atoms with Gasteiger partial charge in [-0.3, -0.25) is 0 Å². The SMILES string of the molecule is Brc1c2c(Br)c3ccccc3c-2c2c3ccccc3c(Br)c-2c2ccccc2c1Br. The fourth-order valence-corrected chi connectivity index (χ4v) is 7.56. The van der Waals surface area contributed by atoms with Crippen molar-refractivity contribution in [1.82, 2.24) is 0 Å². The highest BCUT2D eigenvalue weighted by Gasteiger charge is 2.29. The van der Waals surface area contributed by atoms with E-state index in [1.807, 2.05) is 0 Å². The number of halogens is 4. The Balaban J connectivity index is 2.07. The zero-order valence-electron chi connectivity index (χ0n) is 15.4. The summed E-state index contributed by atoms with van der Waals surface area (Å²) in [6.07, 6.45) is 0. The minimum Gasteiger partial charge on any atom is -0.0616 e. The second-order valence-electron chi connectivity index (χ2n) is 7.39. The molecule has 3 aliphatic carbocycles. The van der Waals surface area contributed by atoms with E-state index in [0.717, 1.165) is 17.9 Å². The number of benzene rings is 3. The van der Waals surface area contributed by atoms with Crippen molar-refractivity contribution in [2.45, 2.75) is 0 Å². The molecular formula is C26H12Br4. The average Bonchev–Trinajstić information content (AvgIpc) is 3.23. The van der Waals surface area contributed by atoms with E-state index < -0.39 is 0 Å². The van der Waals surface area contributed by atoms with Crippen molar-refractivity contribution in [3.63, 3.8) is 0 Å². The van der Waals surface area contributed by atoms with Gasteiger partial charge in [0.15, 0.2) is 0 Å². The van der Waals surface area contributed by atoms with Crippen LogP contribution in [-0.4, -0.2) is 0 Å². The van der Waals surface area contributed by atoms with Gasteiger partial charge in [0.25, 0.3) is 0 Å². The fraction of sp³-hybridized carbons (Fsp3) is 0. The largest absolute Gasteiger partial charge is 0.0616 e. The molecule has 4 heteroatoms. The Labute approximate surface area is 207 Å². The molecule has 0 amide bonds. The summed E-state index contributed by atoms with van der Waals surface area (Å²) in [5.41, 5.74) is 4.96. The zero-order valence-corrected chi connectivity index (χ0v) is 21.8. The van der Waals surface area contributed by atoms with Crippen molar-refractivity contribution in [2.75, 3.05) is 0 Å². The quantitative estimate of drug-likeness (QED) is 0.155. The van der Waals surface area contributed by atoms with E-state index in [9.17, 15) is 0 Å². The van der Waals surface area contributed by atoms with Gasteiger partial charge in [0.2, 0.25) is 0 Å². The highest BCUT2D eigenvalue weighted by atomic mass is 79.9. The summed E-state index contributed by atoms with van der Waals surface area (Å²) in [6, 6.07) is 25.9. The second kappa shape index (κ2) is 7.03. The van der Waals surface area contributed by atoms with Crippen LogP contribution < -0.4 is 0 Å². The van der Waals surface area contributed by atoms with Gasteiger partial charge < -0.3 is 0 Å². The zero-order chi connectivity index (χ0) is 20.6. The summed E-state index contributed by atoms with van der Waals surface area (Å²) in [5, 5.41) is 7.35. The smallest absolute Gasteiger partial charge is 0.0414 e. The molecule has 0 spiro atoms. The highest BCUT2D eigenvalue weighted by Crippen LogP contribution is 2.57. The maximum Gasteiger partial charge on any atom is 0.0414 e. The number of hydrogen-bond donors (Lipinski definition) is 0. The van der Waals surface area contributed by atoms with Gasteiger partial charge in [0.05, 0.1) is 0 Å². The fourth-order valence-electron chi connectivity index (χ4n) is 4.64. The molecule has 144 valence electrons. The second-order valence-corrected chi connectivity index (χ2v) is 10.6. The van der Waals surface area contributed by atoms with E-state index in [0.29, 0.717) is 0 Å². The molecule has 0 atom stereocenters. The lowest BCUT2D eigenvalue weighted by Gasteiger charge is -2.14. The number of fused-ring (bicyclic) bond motifs is 9. The molecule has 0 saturated carbocycles. The first-order valence-corrected chi connectivity index (χ1v) is 12.7. The van der Waals surface area contributed by atoms with E-state index in [1.54, 1.807) is 0 Å². The van der Waals surface area contributed by atoms with Crippen molar-refractivity contribution in [3.8, 4) is 22.3 Å². The molecule has 0 fully saturated rings. The van der Waals surface area contributed by atoms with Gasteiger partial charge in [-0.1, -0.05) is 72.8 Å². The molecule has 0 N–H and O–H groups in total. The Morgan fingerprint density at radius 3 is 1.13 bits per heavy atom. The van der Waals surface area contributed by atoms with Crippen LogP contribution in [0.5, 0.6) is 0 Å². The van der Waals surface area contributed by atoms with Crippen LogP contribution in [0.4, 0.5) is 0 Å². The molecule has 0 aromatic heterocycles. The van der Waals surface area contributed by atoms with Gasteiger partial charge in [-0.2, -0.15) is 0 Å². The van der Waals surface area contributed by atoms with Crippen molar-refractivity contribution in [2.24, 2.45) is 0 Å². The summed E-state index contributed by atoms with van der Waals surface area (Å²) in [6.45, 7) is 0. The predicted octanol–water partition coefficient (Wildman–Crippen LogP) is 10.4. The molecule has 0 radical (unpaired) electrons. The lowest BCUT2D eigenvalue weighted by atomic mass is 9.93. The molecule has 0 heterocycles.